The number of ether oxygens (including phenoxy) is 1. The molecule has 1 atom stereocenters. The van der Waals surface area contributed by atoms with Crippen molar-refractivity contribution >= 4 is 23.3 Å². The van der Waals surface area contributed by atoms with Crippen molar-refractivity contribution in [3.05, 3.63) is 47.7 Å². The van der Waals surface area contributed by atoms with Crippen molar-refractivity contribution in [3.8, 4) is 5.75 Å². The molecule has 0 saturated carbocycles. The molecule has 2 fully saturated rings. The molecule has 7 nitrogen and oxygen atoms in total. The number of piperazine rings is 1. The second kappa shape index (κ2) is 8.92. The van der Waals surface area contributed by atoms with Gasteiger partial charge >= 0.3 is 6.18 Å². The van der Waals surface area contributed by atoms with E-state index in [1.165, 1.54) is 6.07 Å². The number of carbonyl (C=O) groups is 2. The van der Waals surface area contributed by atoms with Crippen LogP contribution in [0.5, 0.6) is 5.75 Å². The Balaban J connectivity index is 1.37. The molecular weight excluding hydrogens is 437 g/mol. The molecule has 2 aliphatic heterocycles. The van der Waals surface area contributed by atoms with Gasteiger partial charge in [-0.05, 0) is 36.8 Å². The fourth-order valence-electron chi connectivity index (χ4n) is 4.27. The van der Waals surface area contributed by atoms with E-state index in [0.717, 1.165) is 17.8 Å². The largest absolute Gasteiger partial charge is 0.495 e. The summed E-state index contributed by atoms with van der Waals surface area (Å²) < 4.78 is 43.6. The lowest BCUT2D eigenvalue weighted by atomic mass is 10.1. The van der Waals surface area contributed by atoms with Gasteiger partial charge in [0, 0.05) is 45.3 Å². The van der Waals surface area contributed by atoms with E-state index in [1.54, 1.807) is 16.9 Å². The highest BCUT2D eigenvalue weighted by atomic mass is 19.4. The summed E-state index contributed by atoms with van der Waals surface area (Å²) in [5, 5.41) is 0. The van der Waals surface area contributed by atoms with Crippen LogP contribution in [0.25, 0.3) is 0 Å². The van der Waals surface area contributed by atoms with Crippen LogP contribution in [0.1, 0.15) is 17.5 Å². The van der Waals surface area contributed by atoms with Crippen molar-refractivity contribution < 1.29 is 27.5 Å². The minimum atomic E-state index is -4.42. The second-order valence-corrected chi connectivity index (χ2v) is 8.30. The standard InChI is InChI=1S/C23H25F3N4O3/c1-15-3-5-19(33-2)18(11-15)30-14-16(12-21(30)31)22(32)29-9-7-28(8-10-29)20-6-4-17(13-27-20)23(24,25)26/h3-6,11,13,16H,7-10,12,14H2,1-2H3. The van der Waals surface area contributed by atoms with Crippen LogP contribution in [0, 0.1) is 12.8 Å². The number of rotatable bonds is 4. The summed E-state index contributed by atoms with van der Waals surface area (Å²) in [6.07, 6.45) is -3.46. The molecule has 1 aromatic heterocycles. The van der Waals surface area contributed by atoms with Crippen LogP contribution in [0.4, 0.5) is 24.7 Å². The first-order valence-electron chi connectivity index (χ1n) is 10.7. The second-order valence-electron chi connectivity index (χ2n) is 8.30. The quantitative estimate of drug-likeness (QED) is 0.699. The SMILES string of the molecule is COc1ccc(C)cc1N1CC(C(=O)N2CCN(c3ccc(C(F)(F)F)cn3)CC2)CC1=O. The lowest BCUT2D eigenvalue weighted by Crippen LogP contribution is -2.51. The molecule has 2 aromatic rings. The zero-order chi connectivity index (χ0) is 23.8. The molecule has 4 rings (SSSR count). The normalized spacial score (nSPS) is 19.2. The predicted octanol–water partition coefficient (Wildman–Crippen LogP) is 3.12. The smallest absolute Gasteiger partial charge is 0.417 e. The molecule has 2 amide bonds. The van der Waals surface area contributed by atoms with E-state index in [-0.39, 0.29) is 24.8 Å². The van der Waals surface area contributed by atoms with Crippen LogP contribution in [0.2, 0.25) is 0 Å². The third-order valence-corrected chi connectivity index (χ3v) is 6.09. The van der Waals surface area contributed by atoms with E-state index in [4.69, 9.17) is 4.74 Å². The lowest BCUT2D eigenvalue weighted by molar-refractivity contribution is -0.138. The average molecular weight is 462 g/mol. The number of halogens is 3. The first-order valence-corrected chi connectivity index (χ1v) is 10.7. The molecule has 1 unspecified atom stereocenters. The van der Waals surface area contributed by atoms with E-state index in [1.807, 2.05) is 30.0 Å². The number of anilines is 2. The third-order valence-electron chi connectivity index (χ3n) is 6.09. The molecule has 0 N–H and O–H groups in total. The van der Waals surface area contributed by atoms with Gasteiger partial charge in [0.05, 0.1) is 24.3 Å². The Morgan fingerprint density at radius 1 is 1.12 bits per heavy atom. The zero-order valence-electron chi connectivity index (χ0n) is 18.4. The third kappa shape index (κ3) is 4.74. The summed E-state index contributed by atoms with van der Waals surface area (Å²) in [6, 6.07) is 7.94. The van der Waals surface area contributed by atoms with Crippen molar-refractivity contribution in [2.45, 2.75) is 19.5 Å². The molecule has 10 heteroatoms. The van der Waals surface area contributed by atoms with Gasteiger partial charge in [-0.3, -0.25) is 9.59 Å². The van der Waals surface area contributed by atoms with Gasteiger partial charge in [0.1, 0.15) is 11.6 Å². The maximum Gasteiger partial charge on any atom is 0.417 e. The minimum Gasteiger partial charge on any atom is -0.495 e. The minimum absolute atomic E-state index is 0.0856. The number of aryl methyl sites for hydroxylation is 1. The number of benzene rings is 1. The van der Waals surface area contributed by atoms with Crippen LogP contribution < -0.4 is 14.5 Å². The van der Waals surface area contributed by atoms with E-state index >= 15 is 0 Å². The summed E-state index contributed by atoms with van der Waals surface area (Å²) in [5.41, 5.74) is 0.859. The monoisotopic (exact) mass is 462 g/mol. The average Bonchev–Trinajstić information content (AvgIpc) is 3.19. The molecule has 1 aromatic carbocycles. The van der Waals surface area contributed by atoms with Crippen molar-refractivity contribution in [2.75, 3.05) is 49.6 Å². The molecule has 33 heavy (non-hydrogen) atoms. The van der Waals surface area contributed by atoms with Crippen LogP contribution in [-0.4, -0.2) is 61.5 Å². The topological polar surface area (TPSA) is 66.0 Å². The van der Waals surface area contributed by atoms with Crippen LogP contribution in [0.15, 0.2) is 36.5 Å². The lowest BCUT2D eigenvalue weighted by Gasteiger charge is -2.36. The summed E-state index contributed by atoms with van der Waals surface area (Å²) >= 11 is 0. The Kier molecular flexibility index (Phi) is 6.18. The van der Waals surface area contributed by atoms with Crippen molar-refractivity contribution in [2.24, 2.45) is 5.92 Å². The van der Waals surface area contributed by atoms with Crippen LogP contribution >= 0.6 is 0 Å². The molecule has 0 bridgehead atoms. The van der Waals surface area contributed by atoms with Gasteiger partial charge in [0.25, 0.3) is 0 Å². The number of nitrogens with zero attached hydrogens (tertiary/aromatic N) is 4. The Bertz CT molecular complexity index is 1030. The Morgan fingerprint density at radius 2 is 1.85 bits per heavy atom. The molecule has 0 radical (unpaired) electrons. The number of hydrogen-bond acceptors (Lipinski definition) is 5. The van der Waals surface area contributed by atoms with Gasteiger partial charge in [0.2, 0.25) is 11.8 Å². The van der Waals surface area contributed by atoms with Gasteiger partial charge in [0.15, 0.2) is 0 Å². The summed E-state index contributed by atoms with van der Waals surface area (Å²) in [4.78, 5) is 34.9. The van der Waals surface area contributed by atoms with Crippen molar-refractivity contribution in [1.29, 1.82) is 0 Å². The van der Waals surface area contributed by atoms with Gasteiger partial charge in [-0.25, -0.2) is 4.98 Å². The molecule has 0 spiro atoms. The number of alkyl halides is 3. The van der Waals surface area contributed by atoms with E-state index < -0.39 is 17.7 Å². The first-order chi connectivity index (χ1) is 15.7. The fourth-order valence-corrected chi connectivity index (χ4v) is 4.27. The molecular formula is C23H25F3N4O3. The zero-order valence-corrected chi connectivity index (χ0v) is 18.4. The van der Waals surface area contributed by atoms with Crippen molar-refractivity contribution in [3.63, 3.8) is 0 Å². The van der Waals surface area contributed by atoms with Gasteiger partial charge < -0.3 is 19.4 Å². The number of hydrogen-bond donors (Lipinski definition) is 0. The van der Waals surface area contributed by atoms with Gasteiger partial charge in [-0.1, -0.05) is 6.07 Å². The molecule has 3 heterocycles. The van der Waals surface area contributed by atoms with E-state index in [2.05, 4.69) is 4.98 Å². The fraction of sp³-hybridized carbons (Fsp3) is 0.435. The highest BCUT2D eigenvalue weighted by Crippen LogP contribution is 2.34. The first kappa shape index (κ1) is 22.9. The van der Waals surface area contributed by atoms with E-state index in [0.29, 0.717) is 43.4 Å². The Hall–Kier alpha value is -3.30. The summed E-state index contributed by atoms with van der Waals surface area (Å²) in [7, 11) is 1.54. The van der Waals surface area contributed by atoms with Gasteiger partial charge in [-0.2, -0.15) is 13.2 Å². The van der Waals surface area contributed by atoms with Crippen LogP contribution in [-0.2, 0) is 15.8 Å². The maximum absolute atomic E-state index is 13.1. The summed E-state index contributed by atoms with van der Waals surface area (Å²) in [6.45, 7) is 3.97. The molecule has 0 aliphatic carbocycles. The Labute approximate surface area is 189 Å². The molecule has 2 aliphatic rings. The maximum atomic E-state index is 13.1. The summed E-state index contributed by atoms with van der Waals surface area (Å²) in [5.74, 6) is 0.379. The molecule has 2 saturated heterocycles. The number of amides is 2. The number of methoxy groups -OCH3 is 1. The van der Waals surface area contributed by atoms with Crippen molar-refractivity contribution in [1.82, 2.24) is 9.88 Å². The number of aromatic nitrogens is 1. The number of carbonyl (C=O) groups excluding carboxylic acids is 2. The molecule has 176 valence electrons. The number of pyridine rings is 1. The van der Waals surface area contributed by atoms with Crippen LogP contribution in [0.3, 0.4) is 0 Å². The van der Waals surface area contributed by atoms with Gasteiger partial charge in [-0.15, -0.1) is 0 Å². The Morgan fingerprint density at radius 3 is 2.45 bits per heavy atom. The predicted molar refractivity (Wildman–Crippen MR) is 116 cm³/mol. The highest BCUT2D eigenvalue weighted by Gasteiger charge is 2.39. The highest BCUT2D eigenvalue weighted by molar-refractivity contribution is 6.01. The van der Waals surface area contributed by atoms with E-state index in [9.17, 15) is 22.8 Å².